The second-order valence-corrected chi connectivity index (χ2v) is 4.07. The number of ether oxygens (including phenoxy) is 2. The fourth-order valence-corrected chi connectivity index (χ4v) is 1.58. The number of methoxy groups -OCH3 is 1. The van der Waals surface area contributed by atoms with E-state index in [4.69, 9.17) is 21.1 Å². The van der Waals surface area contributed by atoms with Gasteiger partial charge in [0, 0.05) is 6.20 Å². The largest absolute Gasteiger partial charge is 0.496 e. The molecule has 0 atom stereocenters. The quantitative estimate of drug-likeness (QED) is 0.637. The minimum atomic E-state index is -0.817. The number of halogens is 2. The van der Waals surface area contributed by atoms with Crippen molar-refractivity contribution in [3.05, 3.63) is 51.4 Å². The second kappa shape index (κ2) is 5.70. The van der Waals surface area contributed by atoms with E-state index in [1.165, 1.54) is 31.5 Å². The van der Waals surface area contributed by atoms with E-state index in [0.717, 1.165) is 6.07 Å². The molecule has 0 bridgehead atoms. The van der Waals surface area contributed by atoms with E-state index < -0.39 is 16.6 Å². The van der Waals surface area contributed by atoms with Gasteiger partial charge in [-0.3, -0.25) is 10.1 Å². The zero-order valence-corrected chi connectivity index (χ0v) is 10.9. The van der Waals surface area contributed by atoms with Crippen LogP contribution in [0.5, 0.6) is 17.4 Å². The summed E-state index contributed by atoms with van der Waals surface area (Å²) in [6, 6.07) is 4.92. The van der Waals surface area contributed by atoms with Gasteiger partial charge >= 0.3 is 5.69 Å². The van der Waals surface area contributed by atoms with E-state index in [1.807, 2.05) is 0 Å². The summed E-state index contributed by atoms with van der Waals surface area (Å²) >= 11 is 5.56. The van der Waals surface area contributed by atoms with Crippen molar-refractivity contribution in [2.24, 2.45) is 0 Å². The van der Waals surface area contributed by atoms with Crippen molar-refractivity contribution in [2.75, 3.05) is 7.11 Å². The predicted molar refractivity (Wildman–Crippen MR) is 68.9 cm³/mol. The van der Waals surface area contributed by atoms with Gasteiger partial charge in [-0.05, 0) is 18.2 Å². The van der Waals surface area contributed by atoms with Crippen molar-refractivity contribution >= 4 is 17.3 Å². The summed E-state index contributed by atoms with van der Waals surface area (Å²) in [5, 5.41) is 11.1. The van der Waals surface area contributed by atoms with Gasteiger partial charge in [-0.2, -0.15) is 0 Å². The maximum Gasteiger partial charge on any atom is 0.315 e. The Kier molecular flexibility index (Phi) is 3.99. The van der Waals surface area contributed by atoms with Crippen LogP contribution in [0.2, 0.25) is 5.02 Å². The van der Waals surface area contributed by atoms with Crippen LogP contribution >= 0.6 is 11.6 Å². The molecule has 8 heteroatoms. The highest BCUT2D eigenvalue weighted by molar-refractivity contribution is 6.30. The van der Waals surface area contributed by atoms with Crippen LogP contribution in [0.4, 0.5) is 10.1 Å². The Balaban J connectivity index is 2.40. The van der Waals surface area contributed by atoms with E-state index in [0.29, 0.717) is 0 Å². The van der Waals surface area contributed by atoms with Crippen molar-refractivity contribution < 1.29 is 18.8 Å². The molecule has 6 nitrogen and oxygen atoms in total. The molecule has 0 saturated heterocycles. The van der Waals surface area contributed by atoms with Crippen molar-refractivity contribution in [1.29, 1.82) is 0 Å². The van der Waals surface area contributed by atoms with Gasteiger partial charge < -0.3 is 9.47 Å². The summed E-state index contributed by atoms with van der Waals surface area (Å²) < 4.78 is 23.5. The second-order valence-electron chi connectivity index (χ2n) is 3.63. The molecule has 0 aliphatic carbocycles. The molecule has 20 heavy (non-hydrogen) atoms. The fourth-order valence-electron chi connectivity index (χ4n) is 1.43. The third-order valence-corrected chi connectivity index (χ3v) is 2.55. The number of rotatable bonds is 4. The van der Waals surface area contributed by atoms with Crippen LogP contribution in [0.15, 0.2) is 30.5 Å². The van der Waals surface area contributed by atoms with E-state index in [2.05, 4.69) is 4.98 Å². The number of nitrogens with zero attached hydrogens (tertiary/aromatic N) is 2. The topological polar surface area (TPSA) is 74.5 Å². The first kappa shape index (κ1) is 14.0. The average molecular weight is 299 g/mol. The Morgan fingerprint density at radius 3 is 2.75 bits per heavy atom. The molecule has 0 fully saturated rings. The summed E-state index contributed by atoms with van der Waals surface area (Å²) in [6.45, 7) is 0. The normalized spacial score (nSPS) is 10.2. The summed E-state index contributed by atoms with van der Waals surface area (Å²) in [6.07, 6.45) is 1.18. The van der Waals surface area contributed by atoms with E-state index in [1.54, 1.807) is 0 Å². The third kappa shape index (κ3) is 2.94. The molecule has 0 N–H and O–H groups in total. The van der Waals surface area contributed by atoms with Gasteiger partial charge in [0.05, 0.1) is 23.1 Å². The van der Waals surface area contributed by atoms with Crippen LogP contribution in [-0.4, -0.2) is 17.0 Å². The fraction of sp³-hybridized carbons (Fsp3) is 0.0833. The first-order valence-corrected chi connectivity index (χ1v) is 5.70. The van der Waals surface area contributed by atoms with E-state index in [-0.39, 0.29) is 22.2 Å². The lowest BCUT2D eigenvalue weighted by Crippen LogP contribution is -1.97. The number of hydrogen-bond acceptors (Lipinski definition) is 5. The number of nitro groups is 1. The molecular formula is C12H8ClFN2O4. The monoisotopic (exact) mass is 298 g/mol. The molecule has 1 aromatic heterocycles. The van der Waals surface area contributed by atoms with Crippen molar-refractivity contribution in [2.45, 2.75) is 0 Å². The van der Waals surface area contributed by atoms with Gasteiger partial charge in [0.1, 0.15) is 5.75 Å². The lowest BCUT2D eigenvalue weighted by molar-refractivity contribution is -0.385. The van der Waals surface area contributed by atoms with Crippen LogP contribution in [0.1, 0.15) is 0 Å². The molecule has 2 aromatic rings. The van der Waals surface area contributed by atoms with Crippen LogP contribution < -0.4 is 9.47 Å². The standard InChI is InChI=1S/C12H8ClFN2O4/c1-19-8-2-3-11(10(5-8)16(17)18)20-12-9(14)4-7(13)6-15-12/h2-6H,1H3. The molecule has 1 heterocycles. The predicted octanol–water partition coefficient (Wildman–Crippen LogP) is 3.58. The first-order chi connectivity index (χ1) is 9.51. The SMILES string of the molecule is COc1ccc(Oc2ncc(Cl)cc2F)c([N+](=O)[O-])c1. The molecule has 0 aliphatic heterocycles. The zero-order valence-electron chi connectivity index (χ0n) is 10.2. The minimum absolute atomic E-state index is 0.0964. The summed E-state index contributed by atoms with van der Waals surface area (Å²) in [7, 11) is 1.38. The Labute approximate surface area is 117 Å². The highest BCUT2D eigenvalue weighted by Crippen LogP contribution is 2.34. The van der Waals surface area contributed by atoms with Crippen LogP contribution in [0, 0.1) is 15.9 Å². The number of nitro benzene ring substituents is 1. The summed E-state index contributed by atoms with van der Waals surface area (Å²) in [5.41, 5.74) is -0.361. The lowest BCUT2D eigenvalue weighted by atomic mass is 10.3. The molecule has 0 amide bonds. The molecule has 1 aromatic carbocycles. The molecule has 0 spiro atoms. The number of pyridine rings is 1. The molecule has 0 aliphatic rings. The highest BCUT2D eigenvalue weighted by Gasteiger charge is 2.19. The minimum Gasteiger partial charge on any atom is -0.496 e. The van der Waals surface area contributed by atoms with E-state index >= 15 is 0 Å². The first-order valence-electron chi connectivity index (χ1n) is 5.32. The smallest absolute Gasteiger partial charge is 0.315 e. The Morgan fingerprint density at radius 2 is 2.15 bits per heavy atom. The maximum absolute atomic E-state index is 13.5. The van der Waals surface area contributed by atoms with Gasteiger partial charge in [0.25, 0.3) is 5.88 Å². The molecular weight excluding hydrogens is 291 g/mol. The van der Waals surface area contributed by atoms with Crippen LogP contribution in [-0.2, 0) is 0 Å². The lowest BCUT2D eigenvalue weighted by Gasteiger charge is -2.07. The summed E-state index contributed by atoms with van der Waals surface area (Å²) in [4.78, 5) is 13.9. The van der Waals surface area contributed by atoms with Gasteiger partial charge in [-0.15, -0.1) is 0 Å². The van der Waals surface area contributed by atoms with Gasteiger partial charge in [-0.25, -0.2) is 9.37 Å². The van der Waals surface area contributed by atoms with E-state index in [9.17, 15) is 14.5 Å². The van der Waals surface area contributed by atoms with Crippen LogP contribution in [0.25, 0.3) is 0 Å². The molecule has 2 rings (SSSR count). The molecule has 104 valence electrons. The molecule has 0 saturated carbocycles. The number of hydrogen-bond donors (Lipinski definition) is 0. The Morgan fingerprint density at radius 1 is 1.40 bits per heavy atom. The summed E-state index contributed by atoms with van der Waals surface area (Å²) in [5.74, 6) is -1.08. The number of aromatic nitrogens is 1. The third-order valence-electron chi connectivity index (χ3n) is 2.34. The molecule has 0 unspecified atom stereocenters. The van der Waals surface area contributed by atoms with Crippen molar-refractivity contribution in [3.63, 3.8) is 0 Å². The van der Waals surface area contributed by atoms with Gasteiger partial charge in [0.15, 0.2) is 5.82 Å². The highest BCUT2D eigenvalue weighted by atomic mass is 35.5. The Bertz CT molecular complexity index is 666. The van der Waals surface area contributed by atoms with Gasteiger partial charge in [-0.1, -0.05) is 11.6 Å². The average Bonchev–Trinajstić information content (AvgIpc) is 2.42. The maximum atomic E-state index is 13.5. The number of benzene rings is 1. The molecule has 0 radical (unpaired) electrons. The van der Waals surface area contributed by atoms with Crippen molar-refractivity contribution in [1.82, 2.24) is 4.98 Å². The Hall–Kier alpha value is -2.41. The van der Waals surface area contributed by atoms with Crippen molar-refractivity contribution in [3.8, 4) is 17.4 Å². The van der Waals surface area contributed by atoms with Gasteiger partial charge in [0.2, 0.25) is 5.75 Å². The zero-order chi connectivity index (χ0) is 14.7. The van der Waals surface area contributed by atoms with Crippen LogP contribution in [0.3, 0.4) is 0 Å².